The number of rotatable bonds is 16. The van der Waals surface area contributed by atoms with Crippen molar-refractivity contribution in [3.05, 3.63) is 36.4 Å². The molecule has 0 radical (unpaired) electrons. The molecule has 158 valence electrons. The normalized spacial score (nSPS) is 14.3. The Bertz CT molecular complexity index is 549. The highest BCUT2D eigenvalue weighted by molar-refractivity contribution is 5.47. The van der Waals surface area contributed by atoms with Crippen LogP contribution in [0.25, 0.3) is 0 Å². The lowest BCUT2D eigenvalue weighted by Gasteiger charge is -2.18. The van der Waals surface area contributed by atoms with Gasteiger partial charge in [0.2, 0.25) is 0 Å². The molecule has 2 rings (SSSR count). The van der Waals surface area contributed by atoms with Gasteiger partial charge in [-0.05, 0) is 12.1 Å². The molecular weight excluding hydrogens is 366 g/mol. The summed E-state index contributed by atoms with van der Waals surface area (Å²) in [5, 5.41) is 0. The summed E-state index contributed by atoms with van der Waals surface area (Å²) in [6.07, 6.45) is 1.24. The second-order valence-electron chi connectivity index (χ2n) is 5.82. The summed E-state index contributed by atoms with van der Waals surface area (Å²) in [4.78, 5) is 0. The van der Waals surface area contributed by atoms with Crippen LogP contribution in [0.15, 0.2) is 30.9 Å². The van der Waals surface area contributed by atoms with Crippen LogP contribution in [0.5, 0.6) is 11.5 Å². The van der Waals surface area contributed by atoms with Gasteiger partial charge in [-0.15, -0.1) is 0 Å². The lowest BCUT2D eigenvalue weighted by Crippen LogP contribution is -2.15. The summed E-state index contributed by atoms with van der Waals surface area (Å²) in [6, 6.07) is 5.64. The third-order valence-corrected chi connectivity index (χ3v) is 3.72. The van der Waals surface area contributed by atoms with Gasteiger partial charge in [0.25, 0.3) is 0 Å². The summed E-state index contributed by atoms with van der Waals surface area (Å²) >= 11 is 0. The van der Waals surface area contributed by atoms with E-state index in [1.54, 1.807) is 6.08 Å². The molecule has 1 fully saturated rings. The molecule has 0 aliphatic carbocycles. The van der Waals surface area contributed by atoms with Gasteiger partial charge < -0.3 is 38.9 Å². The first-order chi connectivity index (χ1) is 13.9. The van der Waals surface area contributed by atoms with Crippen LogP contribution in [0.4, 0.5) is 0 Å². The molecule has 2 N–H and O–H groups in total. The van der Waals surface area contributed by atoms with Gasteiger partial charge in [0.15, 0.2) is 17.8 Å². The molecule has 0 aromatic heterocycles. The Kier molecular flexibility index (Phi) is 11.6. The molecule has 1 aromatic carbocycles. The standard InChI is InChI=1S/C20H31NO7/c1-2-7-26-19-17(20-27-15-16-28-20)4-3-5-18(19)25-14-13-24-12-11-23-10-9-22-8-6-21/h2-5,20H,1,6-16,21H2. The molecule has 1 saturated heterocycles. The van der Waals surface area contributed by atoms with E-state index in [-0.39, 0.29) is 0 Å². The highest BCUT2D eigenvalue weighted by atomic mass is 16.7. The van der Waals surface area contributed by atoms with E-state index < -0.39 is 6.29 Å². The molecule has 28 heavy (non-hydrogen) atoms. The number of para-hydroxylation sites is 1. The van der Waals surface area contributed by atoms with Crippen LogP contribution in [-0.4, -0.2) is 72.6 Å². The zero-order valence-electron chi connectivity index (χ0n) is 16.3. The summed E-state index contributed by atoms with van der Waals surface area (Å²) in [5.74, 6) is 1.23. The van der Waals surface area contributed by atoms with E-state index in [0.717, 1.165) is 5.56 Å². The van der Waals surface area contributed by atoms with Gasteiger partial charge >= 0.3 is 0 Å². The van der Waals surface area contributed by atoms with Crippen molar-refractivity contribution in [3.8, 4) is 11.5 Å². The average molecular weight is 397 g/mol. The van der Waals surface area contributed by atoms with E-state index in [0.29, 0.717) is 84.1 Å². The van der Waals surface area contributed by atoms with Crippen molar-refractivity contribution >= 4 is 0 Å². The number of hydrogen-bond donors (Lipinski definition) is 1. The quantitative estimate of drug-likeness (QED) is 0.333. The molecule has 0 unspecified atom stereocenters. The van der Waals surface area contributed by atoms with Crippen molar-refractivity contribution in [2.24, 2.45) is 5.73 Å². The lowest BCUT2D eigenvalue weighted by molar-refractivity contribution is -0.0459. The van der Waals surface area contributed by atoms with Gasteiger partial charge in [-0.2, -0.15) is 0 Å². The van der Waals surface area contributed by atoms with E-state index in [1.165, 1.54) is 0 Å². The van der Waals surface area contributed by atoms with Crippen molar-refractivity contribution in [1.82, 2.24) is 0 Å². The van der Waals surface area contributed by atoms with Gasteiger partial charge in [-0.3, -0.25) is 0 Å². The fourth-order valence-corrected chi connectivity index (χ4v) is 2.50. The van der Waals surface area contributed by atoms with Gasteiger partial charge in [0.05, 0.1) is 58.4 Å². The third kappa shape index (κ3) is 8.14. The summed E-state index contributed by atoms with van der Waals surface area (Å²) in [7, 11) is 0. The summed E-state index contributed by atoms with van der Waals surface area (Å²) in [5.41, 5.74) is 6.14. The average Bonchev–Trinajstić information content (AvgIpc) is 3.25. The van der Waals surface area contributed by atoms with Crippen LogP contribution < -0.4 is 15.2 Å². The SMILES string of the molecule is C=CCOc1c(OCCOCCOCCOCCN)cccc1C1OCCO1. The zero-order valence-corrected chi connectivity index (χ0v) is 16.3. The van der Waals surface area contributed by atoms with Crippen LogP contribution in [0.1, 0.15) is 11.9 Å². The van der Waals surface area contributed by atoms with E-state index in [9.17, 15) is 0 Å². The molecule has 1 aliphatic heterocycles. The molecule has 0 amide bonds. The zero-order chi connectivity index (χ0) is 19.9. The number of ether oxygens (including phenoxy) is 7. The minimum Gasteiger partial charge on any atom is -0.487 e. The second-order valence-corrected chi connectivity index (χ2v) is 5.82. The van der Waals surface area contributed by atoms with Gasteiger partial charge in [0.1, 0.15) is 13.2 Å². The monoisotopic (exact) mass is 397 g/mol. The minimum atomic E-state index is -0.439. The summed E-state index contributed by atoms with van der Waals surface area (Å²) < 4.78 is 38.9. The summed E-state index contributed by atoms with van der Waals surface area (Å²) in [6.45, 7) is 9.14. The van der Waals surface area contributed by atoms with Crippen molar-refractivity contribution in [2.75, 3.05) is 72.6 Å². The second kappa shape index (κ2) is 14.3. The molecule has 1 aliphatic rings. The Morgan fingerprint density at radius 2 is 1.57 bits per heavy atom. The molecule has 8 nitrogen and oxygen atoms in total. The van der Waals surface area contributed by atoms with Crippen molar-refractivity contribution in [3.63, 3.8) is 0 Å². The fraction of sp³-hybridized carbons (Fsp3) is 0.600. The molecular formula is C20H31NO7. The van der Waals surface area contributed by atoms with Gasteiger partial charge in [0, 0.05) is 6.54 Å². The van der Waals surface area contributed by atoms with E-state index in [1.807, 2.05) is 18.2 Å². The highest BCUT2D eigenvalue weighted by Crippen LogP contribution is 2.38. The van der Waals surface area contributed by atoms with E-state index >= 15 is 0 Å². The smallest absolute Gasteiger partial charge is 0.187 e. The predicted molar refractivity (Wildman–Crippen MR) is 104 cm³/mol. The maximum absolute atomic E-state index is 5.84. The van der Waals surface area contributed by atoms with E-state index in [2.05, 4.69) is 6.58 Å². The Morgan fingerprint density at radius 1 is 0.929 bits per heavy atom. The van der Waals surface area contributed by atoms with Gasteiger partial charge in [-0.1, -0.05) is 18.7 Å². The first-order valence-corrected chi connectivity index (χ1v) is 9.52. The first kappa shape index (κ1) is 22.6. The molecule has 0 atom stereocenters. The molecule has 1 aromatic rings. The van der Waals surface area contributed by atoms with Gasteiger partial charge in [-0.25, -0.2) is 0 Å². The maximum atomic E-state index is 5.84. The fourth-order valence-electron chi connectivity index (χ4n) is 2.50. The Labute approximate surface area is 166 Å². The minimum absolute atomic E-state index is 0.364. The van der Waals surface area contributed by atoms with Crippen LogP contribution in [0.2, 0.25) is 0 Å². The third-order valence-electron chi connectivity index (χ3n) is 3.72. The number of benzene rings is 1. The van der Waals surface area contributed by atoms with Crippen LogP contribution in [0.3, 0.4) is 0 Å². The molecule has 0 saturated carbocycles. The Hall–Kier alpha value is -1.68. The Morgan fingerprint density at radius 3 is 2.21 bits per heavy atom. The highest BCUT2D eigenvalue weighted by Gasteiger charge is 2.24. The lowest BCUT2D eigenvalue weighted by atomic mass is 10.1. The van der Waals surface area contributed by atoms with Crippen LogP contribution >= 0.6 is 0 Å². The molecule has 1 heterocycles. The molecule has 0 spiro atoms. The number of hydrogen-bond acceptors (Lipinski definition) is 8. The molecule has 8 heteroatoms. The maximum Gasteiger partial charge on any atom is 0.187 e. The Balaban J connectivity index is 1.69. The van der Waals surface area contributed by atoms with Crippen LogP contribution in [-0.2, 0) is 23.7 Å². The van der Waals surface area contributed by atoms with E-state index in [4.69, 9.17) is 38.9 Å². The number of nitrogens with two attached hydrogens (primary N) is 1. The van der Waals surface area contributed by atoms with Crippen molar-refractivity contribution in [1.29, 1.82) is 0 Å². The van der Waals surface area contributed by atoms with Crippen molar-refractivity contribution < 1.29 is 33.2 Å². The van der Waals surface area contributed by atoms with Crippen molar-refractivity contribution in [2.45, 2.75) is 6.29 Å². The van der Waals surface area contributed by atoms with Crippen LogP contribution in [0, 0.1) is 0 Å². The first-order valence-electron chi connectivity index (χ1n) is 9.52. The predicted octanol–water partition coefficient (Wildman–Crippen LogP) is 1.68. The molecule has 0 bridgehead atoms. The largest absolute Gasteiger partial charge is 0.487 e. The topological polar surface area (TPSA) is 90.6 Å².